The molecule has 2 nitrogen and oxygen atoms in total. The molecule has 0 fully saturated rings. The second-order valence-corrected chi connectivity index (χ2v) is 3.98. The number of hydrogen-bond acceptors (Lipinski definition) is 2. The third-order valence-electron chi connectivity index (χ3n) is 2.33. The van der Waals surface area contributed by atoms with Gasteiger partial charge in [-0.15, -0.1) is 0 Å². The first-order valence-corrected chi connectivity index (χ1v) is 5.57. The maximum atomic E-state index is 5.63. The maximum Gasteiger partial charge on any atom is 0.0723 e. The van der Waals surface area contributed by atoms with Gasteiger partial charge in [-0.25, -0.2) is 0 Å². The predicted molar refractivity (Wildman–Crippen MR) is 64.0 cm³/mol. The van der Waals surface area contributed by atoms with Gasteiger partial charge in [0.15, 0.2) is 0 Å². The van der Waals surface area contributed by atoms with Crippen LogP contribution in [0, 0.1) is 0 Å². The Bertz CT molecular complexity index is 284. The quantitative estimate of drug-likeness (QED) is 0.773. The number of nitrogens with one attached hydrogen (secondary N) is 1. The Morgan fingerprint density at radius 3 is 2.47 bits per heavy atom. The molecule has 1 aromatic carbocycles. The molecule has 0 radical (unpaired) electrons. The van der Waals surface area contributed by atoms with Crippen LogP contribution in [0.15, 0.2) is 24.3 Å². The molecule has 1 rings (SSSR count). The van der Waals surface area contributed by atoms with Gasteiger partial charge >= 0.3 is 0 Å². The van der Waals surface area contributed by atoms with Gasteiger partial charge in [-0.1, -0.05) is 24.3 Å². The van der Waals surface area contributed by atoms with Gasteiger partial charge in [-0.2, -0.15) is 0 Å². The van der Waals surface area contributed by atoms with Crippen molar-refractivity contribution in [3.63, 3.8) is 0 Å². The maximum absolute atomic E-state index is 5.63. The van der Waals surface area contributed by atoms with E-state index < -0.39 is 0 Å². The van der Waals surface area contributed by atoms with E-state index in [-0.39, 0.29) is 0 Å². The average Bonchev–Trinajstić information content (AvgIpc) is 2.24. The molecule has 0 saturated carbocycles. The molecule has 0 heterocycles. The summed E-state index contributed by atoms with van der Waals surface area (Å²) in [4.78, 5) is 0. The predicted octanol–water partition coefficient (Wildman–Crippen LogP) is 2.37. The molecule has 0 aromatic heterocycles. The van der Waals surface area contributed by atoms with Crippen molar-refractivity contribution < 1.29 is 4.74 Å². The van der Waals surface area contributed by atoms with Gasteiger partial charge in [0.25, 0.3) is 0 Å². The van der Waals surface area contributed by atoms with Gasteiger partial charge in [0.1, 0.15) is 0 Å². The van der Waals surface area contributed by atoms with Crippen LogP contribution in [0.25, 0.3) is 0 Å². The molecule has 15 heavy (non-hydrogen) atoms. The molecule has 0 unspecified atom stereocenters. The van der Waals surface area contributed by atoms with Gasteiger partial charge in [-0.05, 0) is 45.0 Å². The number of benzene rings is 1. The Kier molecular flexibility index (Phi) is 5.37. The van der Waals surface area contributed by atoms with E-state index in [0.29, 0.717) is 6.10 Å². The van der Waals surface area contributed by atoms with E-state index in [1.165, 1.54) is 11.1 Å². The monoisotopic (exact) mass is 207 g/mol. The minimum Gasteiger partial charge on any atom is -0.374 e. The molecule has 1 N–H and O–H groups in total. The summed E-state index contributed by atoms with van der Waals surface area (Å²) in [6.07, 6.45) is 1.36. The minimum atomic E-state index is 0.294. The Morgan fingerprint density at radius 1 is 1.20 bits per heavy atom. The van der Waals surface area contributed by atoms with Crippen molar-refractivity contribution in [3.8, 4) is 0 Å². The molecule has 0 amide bonds. The Morgan fingerprint density at radius 2 is 1.87 bits per heavy atom. The second kappa shape index (κ2) is 6.59. The van der Waals surface area contributed by atoms with Gasteiger partial charge in [0.2, 0.25) is 0 Å². The van der Waals surface area contributed by atoms with Crippen LogP contribution >= 0.6 is 0 Å². The molecule has 0 bridgehead atoms. The van der Waals surface area contributed by atoms with Gasteiger partial charge in [-0.3, -0.25) is 0 Å². The van der Waals surface area contributed by atoms with Crippen molar-refractivity contribution in [3.05, 3.63) is 35.4 Å². The smallest absolute Gasteiger partial charge is 0.0723 e. The van der Waals surface area contributed by atoms with Crippen LogP contribution in [0.2, 0.25) is 0 Å². The van der Waals surface area contributed by atoms with Gasteiger partial charge < -0.3 is 10.1 Å². The average molecular weight is 207 g/mol. The Labute approximate surface area is 92.6 Å². The molecule has 2 heteroatoms. The number of ether oxygens (including phenoxy) is 1. The fourth-order valence-electron chi connectivity index (χ4n) is 1.46. The van der Waals surface area contributed by atoms with Gasteiger partial charge in [0.05, 0.1) is 12.7 Å². The van der Waals surface area contributed by atoms with E-state index in [0.717, 1.165) is 19.6 Å². The van der Waals surface area contributed by atoms with E-state index in [4.69, 9.17) is 4.74 Å². The van der Waals surface area contributed by atoms with Gasteiger partial charge in [0, 0.05) is 0 Å². The normalized spacial score (nSPS) is 10.9. The molecule has 0 aliphatic heterocycles. The topological polar surface area (TPSA) is 21.3 Å². The lowest BCUT2D eigenvalue weighted by atomic mass is 10.1. The fraction of sp³-hybridized carbons (Fsp3) is 0.538. The zero-order valence-corrected chi connectivity index (χ0v) is 9.92. The van der Waals surface area contributed by atoms with E-state index in [2.05, 4.69) is 43.4 Å². The van der Waals surface area contributed by atoms with Crippen LogP contribution in [0.1, 0.15) is 25.0 Å². The van der Waals surface area contributed by atoms with Crippen LogP contribution in [0.3, 0.4) is 0 Å². The largest absolute Gasteiger partial charge is 0.374 e. The summed E-state index contributed by atoms with van der Waals surface area (Å²) in [6, 6.07) is 8.48. The molecule has 0 atom stereocenters. The molecule has 1 aromatic rings. The summed E-state index contributed by atoms with van der Waals surface area (Å²) >= 11 is 0. The number of rotatable bonds is 6. The highest BCUT2D eigenvalue weighted by Crippen LogP contribution is 2.11. The Hall–Kier alpha value is -0.860. The van der Waals surface area contributed by atoms with Crippen LogP contribution in [0.5, 0.6) is 0 Å². The second-order valence-electron chi connectivity index (χ2n) is 3.98. The summed E-state index contributed by atoms with van der Waals surface area (Å²) in [5.41, 5.74) is 2.69. The minimum absolute atomic E-state index is 0.294. The van der Waals surface area contributed by atoms with E-state index in [1.54, 1.807) is 0 Å². The molecular weight excluding hydrogens is 186 g/mol. The molecule has 0 aliphatic rings. The van der Waals surface area contributed by atoms with Crippen LogP contribution in [-0.4, -0.2) is 19.7 Å². The third-order valence-corrected chi connectivity index (χ3v) is 2.33. The van der Waals surface area contributed by atoms with Crippen molar-refractivity contribution in [2.45, 2.75) is 33.0 Å². The highest BCUT2D eigenvalue weighted by atomic mass is 16.5. The van der Waals surface area contributed by atoms with Crippen LogP contribution in [0.4, 0.5) is 0 Å². The number of hydrogen-bond donors (Lipinski definition) is 1. The SMILES string of the molecule is CNCCc1ccccc1COC(C)C. The lowest BCUT2D eigenvalue weighted by Gasteiger charge is -2.11. The molecular formula is C13H21NO. The molecule has 0 aliphatic carbocycles. The molecule has 0 saturated heterocycles. The molecule has 84 valence electrons. The van der Waals surface area contributed by atoms with Crippen molar-refractivity contribution in [1.82, 2.24) is 5.32 Å². The Balaban J connectivity index is 2.59. The summed E-state index contributed by atoms with van der Waals surface area (Å²) < 4.78 is 5.63. The summed E-state index contributed by atoms with van der Waals surface area (Å²) in [5.74, 6) is 0. The van der Waals surface area contributed by atoms with Crippen LogP contribution in [-0.2, 0) is 17.8 Å². The first kappa shape index (κ1) is 12.2. The first-order chi connectivity index (χ1) is 7.24. The zero-order chi connectivity index (χ0) is 11.1. The fourth-order valence-corrected chi connectivity index (χ4v) is 1.46. The van der Waals surface area contributed by atoms with Crippen molar-refractivity contribution in [2.24, 2.45) is 0 Å². The highest BCUT2D eigenvalue weighted by Gasteiger charge is 2.02. The summed E-state index contributed by atoms with van der Waals surface area (Å²) in [5, 5.41) is 3.17. The standard InChI is InChI=1S/C13H21NO/c1-11(2)15-10-13-7-5-4-6-12(13)8-9-14-3/h4-7,11,14H,8-10H2,1-3H3. The van der Waals surface area contributed by atoms with Crippen molar-refractivity contribution in [2.75, 3.05) is 13.6 Å². The van der Waals surface area contributed by atoms with Crippen molar-refractivity contribution >= 4 is 0 Å². The van der Waals surface area contributed by atoms with Crippen molar-refractivity contribution in [1.29, 1.82) is 0 Å². The van der Waals surface area contributed by atoms with E-state index in [9.17, 15) is 0 Å². The first-order valence-electron chi connectivity index (χ1n) is 5.57. The summed E-state index contributed by atoms with van der Waals surface area (Å²) in [6.45, 7) is 5.86. The third kappa shape index (κ3) is 4.45. The zero-order valence-electron chi connectivity index (χ0n) is 9.92. The lowest BCUT2D eigenvalue weighted by Crippen LogP contribution is -2.12. The summed E-state index contributed by atoms with van der Waals surface area (Å²) in [7, 11) is 1.98. The van der Waals surface area contributed by atoms with E-state index >= 15 is 0 Å². The molecule has 0 spiro atoms. The van der Waals surface area contributed by atoms with Crippen LogP contribution < -0.4 is 5.32 Å². The van der Waals surface area contributed by atoms with E-state index in [1.807, 2.05) is 7.05 Å². The highest BCUT2D eigenvalue weighted by molar-refractivity contribution is 5.26. The number of likely N-dealkylation sites (N-methyl/N-ethyl adjacent to an activating group) is 1. The lowest BCUT2D eigenvalue weighted by molar-refractivity contribution is 0.0653.